The van der Waals surface area contributed by atoms with Crippen molar-refractivity contribution in [1.82, 2.24) is 29.2 Å². The van der Waals surface area contributed by atoms with Crippen LogP contribution in [0.5, 0.6) is 0 Å². The van der Waals surface area contributed by atoms with Gasteiger partial charge in [0.2, 0.25) is 0 Å². The van der Waals surface area contributed by atoms with Crippen LogP contribution in [-0.2, 0) is 31.7 Å². The largest absolute Gasteiger partial charge is 1.00 e. The Morgan fingerprint density at radius 1 is 0.437 bits per heavy atom. The Morgan fingerprint density at radius 3 is 0.952 bits per heavy atom. The molecule has 4 aliphatic rings. The second-order valence-electron chi connectivity index (χ2n) is 24.6. The zero-order valence-electron chi connectivity index (χ0n) is 62.8. The van der Waals surface area contributed by atoms with Crippen LogP contribution in [0.1, 0.15) is 99.4 Å². The van der Waals surface area contributed by atoms with E-state index >= 15 is 0 Å². The molecule has 15 nitrogen and oxygen atoms in total. The molecule has 4 fully saturated rings. The van der Waals surface area contributed by atoms with Crippen molar-refractivity contribution in [3.8, 4) is 22.5 Å². The summed E-state index contributed by atoms with van der Waals surface area (Å²) in [4.78, 5) is 33.8. The first-order chi connectivity index (χ1) is 58.0. The number of carboxylic acids is 1. The fourth-order valence-corrected chi connectivity index (χ4v) is 8400. The zero-order chi connectivity index (χ0) is 90.5. The third-order valence-corrected chi connectivity index (χ3v) is 3490. The van der Waals surface area contributed by atoms with Crippen molar-refractivity contribution >= 4 is 712 Å². The van der Waals surface area contributed by atoms with Gasteiger partial charge in [0.25, 0.3) is 0 Å². The van der Waals surface area contributed by atoms with Gasteiger partial charge < -0.3 is 43.3 Å². The van der Waals surface area contributed by atoms with Crippen molar-refractivity contribution in [3.05, 3.63) is 138 Å². The number of aromatic carboxylic acids is 1. The normalized spacial score (nSPS) is 16.9. The summed E-state index contributed by atoms with van der Waals surface area (Å²) >= 11 is 104. The van der Waals surface area contributed by atoms with Gasteiger partial charge in [0.05, 0.1) is 49.4 Å². The van der Waals surface area contributed by atoms with Gasteiger partial charge in [0.15, 0.2) is 0 Å². The molecule has 126 heavy (non-hydrogen) atoms. The molecule has 4 aromatic carbocycles. The van der Waals surface area contributed by atoms with Gasteiger partial charge in [0, 0.05) is 148 Å². The predicted octanol–water partition coefficient (Wildman–Crippen LogP) is 51.1. The van der Waals surface area contributed by atoms with Gasteiger partial charge >= 0.3 is 662 Å². The first kappa shape index (κ1) is 141. The van der Waals surface area contributed by atoms with Crippen LogP contribution in [0.25, 0.3) is 44.3 Å². The van der Waals surface area contributed by atoms with E-state index in [1.165, 1.54) is 12.8 Å². The van der Waals surface area contributed by atoms with Gasteiger partial charge in [-0.05, 0) is 112 Å². The average molecular weight is 7010 g/mol. The summed E-state index contributed by atoms with van der Waals surface area (Å²) in [7, 11) is -6.22. The van der Waals surface area contributed by atoms with Gasteiger partial charge in [-0.2, -0.15) is 0 Å². The van der Waals surface area contributed by atoms with Crippen LogP contribution in [0.15, 0.2) is 82.1 Å². The molecule has 740 valence electrons. The molecule has 12 rings (SSSR count). The van der Waals surface area contributed by atoms with Crippen molar-refractivity contribution in [2.45, 2.75) is 71.6 Å². The number of ether oxygens (including phenoxy) is 1. The fourth-order valence-electron chi connectivity index (χ4n) is 12.1. The smallest absolute Gasteiger partial charge is 0.870 e. The molecular formula is C60H67Cl4I46N8NaO7. The van der Waals surface area contributed by atoms with Gasteiger partial charge in [0.1, 0.15) is 22.9 Å². The maximum Gasteiger partial charge on any atom is 1.00 e. The second-order valence-corrected chi connectivity index (χ2v) is 1100. The number of piperazine rings is 2. The molecule has 2 saturated carbocycles. The van der Waals surface area contributed by atoms with E-state index < -0.39 is 180 Å². The number of fused-ring (bicyclic) bond motifs is 2. The summed E-state index contributed by atoms with van der Waals surface area (Å²) in [5.74, 6) is 1.69. The number of nitrogens with zero attached hydrogens (tertiary/aromatic N) is 8. The Kier molecular flexibility index (Phi) is 80.2. The van der Waals surface area contributed by atoms with Crippen molar-refractivity contribution < 1.29 is 63.5 Å². The zero-order valence-corrected chi connectivity index (χ0v) is 167. The minimum atomic E-state index is -0.891. The van der Waals surface area contributed by atoms with E-state index in [2.05, 4.69) is 508 Å². The Bertz CT molecular complexity index is 4810. The summed E-state index contributed by atoms with van der Waals surface area (Å²) in [6, 6.07) is 19.7. The second kappa shape index (κ2) is 71.5. The van der Waals surface area contributed by atoms with E-state index in [1.807, 2.05) is 72.7 Å². The number of benzene rings is 4. The average Bonchev–Trinajstić information content (AvgIpc) is 1.62. The van der Waals surface area contributed by atoms with E-state index in [4.69, 9.17) is 60.2 Å². The number of methoxy groups -OCH3 is 1. The van der Waals surface area contributed by atoms with Gasteiger partial charge in [-0.15, -0.1) is 0 Å². The minimum absolute atomic E-state index is 0. The molecule has 0 atom stereocenters. The Balaban J connectivity index is 0.000000257. The SMILES string of the molecule is C.COC(=O)c1cn(C)c2cc(N3CCN(CCc4c(-c5c(Cl)cccc5Cl)noc4C4CC4)CC3)cc(C)c12.Cc1cc(N2CCN(CCc3c(-c4c(Cl)cccc4Cl)noc3C3CC3)CC2)cc2c1c(C(=O)O)cn2C.II(I)I(I)I(I)I(I)I(I)I(I)I(I)I(I)I(I)I(I)I(I)I(I)I(I)I(I)I(I)I(I)I(I)I(I)I(I)I(I)I(I)I(I)I.[Na+].[OH-]. The maximum atomic E-state index is 12.3. The molecule has 2 N–H and O–H groups in total. The monoisotopic (exact) mass is 7010 g/mol. The molecule has 2 saturated heterocycles. The van der Waals surface area contributed by atoms with Crippen LogP contribution in [0.3, 0.4) is 0 Å². The molecule has 2 aliphatic carbocycles. The van der Waals surface area contributed by atoms with Crippen molar-refractivity contribution in [2.75, 3.05) is 82.4 Å². The standard InChI is InChI=1S/C30H32Cl2N4O3.C29H30Cl2N4O3.CH4.I46.Na.H2O/c1-18-15-20(16-25-26(18)22(17-34(25)2)30(37)38-3)36-13-11-35(12-14-36)10-9-21-28(33-39-29(21)19-7-8-19)27-23(31)5-4-6-24(27)32;1-17-14-19(15-24-25(17)21(29(36)37)16-33(24)2)35-12-10-34(11-13-35)9-8-20-27(32-38-28(20)18-6-7-18)26-22(30)4-3-5-23(26)31;;1-25(2)27(5)29(7)31(9)33(11)35(13)37(15)39(17)41(19)43(21)45(23)46(24)44(22)42(20)40(18)38(16)36(14)34(12)32(10)30(8)28(6)26(3)4;;/h4-6,15-17,19H,7-14H2,1-3H3;3-5,14-16,18H,6-13H2,1-2H3,(H,36,37);1H4;;;1H2/q;;;;+1;/p-1. The fraction of sp³-hybridized carbons (Fsp3) is 0.400. The van der Waals surface area contributed by atoms with Crippen molar-refractivity contribution in [1.29, 1.82) is 0 Å². The molecule has 66 heteroatoms. The number of anilines is 2. The minimum Gasteiger partial charge on any atom is -0.870 e. The summed E-state index contributed by atoms with van der Waals surface area (Å²) in [6.45, 7) is 13.4. The van der Waals surface area contributed by atoms with E-state index in [0.29, 0.717) is 43.1 Å². The third kappa shape index (κ3) is 40.9. The summed E-state index contributed by atoms with van der Waals surface area (Å²) in [6.07, 6.45) is 9.79. The Labute approximate surface area is 1090 Å². The molecule has 0 radical (unpaired) electrons. The topological polar surface area (TPSA) is 168 Å². The summed E-state index contributed by atoms with van der Waals surface area (Å²) in [5.41, 5.74) is 12.7. The number of carbonyl (C=O) groups excluding carboxylic acids is 1. The van der Waals surface area contributed by atoms with Gasteiger partial charge in [-0.1, -0.05) is 76.3 Å². The number of esters is 1. The molecule has 4 aromatic heterocycles. The van der Waals surface area contributed by atoms with E-state index in [9.17, 15) is 14.7 Å². The maximum absolute atomic E-state index is 12.3. The predicted molar refractivity (Wildman–Crippen MR) is 960 cm³/mol. The van der Waals surface area contributed by atoms with Gasteiger partial charge in [-0.25, -0.2) is 9.59 Å². The summed E-state index contributed by atoms with van der Waals surface area (Å²) < 4.78 is 20.6. The van der Waals surface area contributed by atoms with E-state index in [1.54, 1.807) is 6.20 Å². The quantitative estimate of drug-likeness (QED) is 0.0226. The van der Waals surface area contributed by atoms with Crippen LogP contribution in [0, 0.1) is 13.8 Å². The molecule has 2 aliphatic heterocycles. The number of aryl methyl sites for hydroxylation is 4. The van der Waals surface area contributed by atoms with E-state index in [0.717, 1.165) is 188 Å². The third-order valence-electron chi connectivity index (χ3n) is 17.7. The number of hydrogen-bond acceptors (Lipinski definition) is 12. The molecule has 0 spiro atoms. The van der Waals surface area contributed by atoms with Crippen LogP contribution in [0.4, 0.5) is 11.4 Å². The molecule has 6 heterocycles. The van der Waals surface area contributed by atoms with Gasteiger partial charge in [-0.3, -0.25) is 9.80 Å². The Morgan fingerprint density at radius 2 is 0.698 bits per heavy atom. The molecular weight excluding hydrogens is 6950 g/mol. The molecule has 0 amide bonds. The Hall–Kier alpha value is 28.5. The van der Waals surface area contributed by atoms with Crippen LogP contribution >= 0.6 is 667 Å². The number of carboxylic acid groups (broad SMARTS) is 1. The van der Waals surface area contributed by atoms with Crippen LogP contribution in [-0.4, -0.2) is 124 Å². The summed E-state index contributed by atoms with van der Waals surface area (Å²) in [5, 5.41) is 22.6. The first-order valence-electron chi connectivity index (χ1n) is 32.9. The number of hydrogen-bond donors (Lipinski definition) is 1. The molecule has 0 bridgehead atoms. The first-order valence-corrected chi connectivity index (χ1v) is 317. The number of rotatable bonds is 35. The van der Waals surface area contributed by atoms with Crippen LogP contribution < -0.4 is 39.4 Å². The van der Waals surface area contributed by atoms with Crippen molar-refractivity contribution in [3.63, 3.8) is 0 Å². The van der Waals surface area contributed by atoms with Crippen molar-refractivity contribution in [2.24, 2.45) is 14.1 Å². The number of halogens is 50. The number of carbonyl (C=O) groups is 2. The number of aromatic nitrogens is 4. The van der Waals surface area contributed by atoms with Crippen LogP contribution in [0.2, 0.25) is 20.1 Å². The molecule has 0 unspecified atom stereocenters. The van der Waals surface area contributed by atoms with E-state index in [-0.39, 0.29) is 48.4 Å². The molecule has 8 aromatic rings.